The largest absolute Gasteiger partial charge is 0.465 e. The van der Waals surface area contributed by atoms with Crippen molar-refractivity contribution in [2.75, 3.05) is 11.9 Å². The molecule has 2 heterocycles. The standard InChI is InChI=1S/C35H32N4O3/c1-23(39(34(41)42)22-35(2,3)4)33(40)38-32-18-16-29(28-20-27-11-7-8-12-30(27)36-21-28)31(37-32)17-14-24-13-15-25-9-5-6-10-26(25)19-24/h5-13,15-16,18-21,23H,22H2,1-4H3,(H,41,42)(H,37,38,40). The smallest absolute Gasteiger partial charge is 0.407 e. The summed E-state index contributed by atoms with van der Waals surface area (Å²) in [6.45, 7) is 7.56. The zero-order valence-electron chi connectivity index (χ0n) is 24.1. The Bertz CT molecular complexity index is 1860. The third-order valence-corrected chi connectivity index (χ3v) is 6.86. The topological polar surface area (TPSA) is 95.4 Å². The number of nitrogens with one attached hydrogen (secondary N) is 1. The van der Waals surface area contributed by atoms with Gasteiger partial charge in [-0.25, -0.2) is 9.78 Å². The van der Waals surface area contributed by atoms with Gasteiger partial charge in [-0.15, -0.1) is 0 Å². The molecule has 1 atom stereocenters. The summed E-state index contributed by atoms with van der Waals surface area (Å²) < 4.78 is 0. The Hall–Kier alpha value is -5.22. The molecular weight excluding hydrogens is 524 g/mol. The van der Waals surface area contributed by atoms with Crippen molar-refractivity contribution in [3.8, 4) is 23.0 Å². The SMILES string of the molecule is CC(C(=O)Nc1ccc(-c2cnc3ccccc3c2)c(C#Cc2ccc3ccccc3c2)n1)N(CC(C)(C)C)C(=O)O. The van der Waals surface area contributed by atoms with Crippen LogP contribution < -0.4 is 5.32 Å². The van der Waals surface area contributed by atoms with Crippen LogP contribution in [0.3, 0.4) is 0 Å². The molecule has 7 nitrogen and oxygen atoms in total. The van der Waals surface area contributed by atoms with E-state index < -0.39 is 18.0 Å². The number of nitrogens with zero attached hydrogens (tertiary/aromatic N) is 3. The van der Waals surface area contributed by atoms with Crippen molar-refractivity contribution in [1.29, 1.82) is 0 Å². The van der Waals surface area contributed by atoms with Gasteiger partial charge in [0.25, 0.3) is 0 Å². The third-order valence-electron chi connectivity index (χ3n) is 6.86. The fraction of sp³-hybridized carbons (Fsp3) is 0.200. The lowest BCUT2D eigenvalue weighted by Gasteiger charge is -2.31. The highest BCUT2D eigenvalue weighted by Crippen LogP contribution is 2.27. The van der Waals surface area contributed by atoms with Gasteiger partial charge in [0, 0.05) is 34.8 Å². The van der Waals surface area contributed by atoms with Crippen molar-refractivity contribution < 1.29 is 14.7 Å². The van der Waals surface area contributed by atoms with E-state index in [2.05, 4.69) is 28.2 Å². The van der Waals surface area contributed by atoms with E-state index in [0.717, 1.165) is 43.3 Å². The van der Waals surface area contributed by atoms with Crippen LogP contribution in [0.1, 0.15) is 39.0 Å². The van der Waals surface area contributed by atoms with Gasteiger partial charge in [-0.05, 0) is 65.4 Å². The summed E-state index contributed by atoms with van der Waals surface area (Å²) >= 11 is 0. The van der Waals surface area contributed by atoms with Gasteiger partial charge in [-0.2, -0.15) is 0 Å². The summed E-state index contributed by atoms with van der Waals surface area (Å²) in [5.74, 6) is 6.26. The van der Waals surface area contributed by atoms with Crippen molar-refractivity contribution in [2.45, 2.75) is 33.7 Å². The normalized spacial score (nSPS) is 11.9. The van der Waals surface area contributed by atoms with Gasteiger partial charge in [0.2, 0.25) is 5.91 Å². The van der Waals surface area contributed by atoms with Crippen LogP contribution in [-0.4, -0.2) is 44.6 Å². The molecule has 0 bridgehead atoms. The molecule has 5 rings (SSSR count). The van der Waals surface area contributed by atoms with Gasteiger partial charge in [0.15, 0.2) is 0 Å². The molecule has 0 fully saturated rings. The van der Waals surface area contributed by atoms with Crippen molar-refractivity contribution in [3.05, 3.63) is 102 Å². The van der Waals surface area contributed by atoms with E-state index in [0.29, 0.717) is 5.69 Å². The quantitative estimate of drug-likeness (QED) is 0.223. The van der Waals surface area contributed by atoms with E-state index in [1.807, 2.05) is 93.6 Å². The summed E-state index contributed by atoms with van der Waals surface area (Å²) in [4.78, 5) is 35.5. The van der Waals surface area contributed by atoms with Crippen molar-refractivity contribution in [3.63, 3.8) is 0 Å². The van der Waals surface area contributed by atoms with Crippen LogP contribution in [0.2, 0.25) is 0 Å². The zero-order valence-corrected chi connectivity index (χ0v) is 24.1. The number of amides is 2. The number of fused-ring (bicyclic) bond motifs is 2. The number of carbonyl (C=O) groups excluding carboxylic acids is 1. The number of rotatable bonds is 5. The molecule has 0 spiro atoms. The van der Waals surface area contributed by atoms with Crippen LogP contribution in [0.5, 0.6) is 0 Å². The molecule has 210 valence electrons. The van der Waals surface area contributed by atoms with Gasteiger partial charge in [0.05, 0.1) is 5.52 Å². The van der Waals surface area contributed by atoms with Crippen LogP contribution in [0.4, 0.5) is 10.6 Å². The number of hydrogen-bond acceptors (Lipinski definition) is 4. The van der Waals surface area contributed by atoms with E-state index in [1.54, 1.807) is 19.2 Å². The molecule has 0 aliphatic rings. The van der Waals surface area contributed by atoms with E-state index in [9.17, 15) is 14.7 Å². The number of carboxylic acid groups (broad SMARTS) is 1. The number of hydrogen-bond donors (Lipinski definition) is 2. The van der Waals surface area contributed by atoms with Gasteiger partial charge in [-0.3, -0.25) is 14.7 Å². The molecular formula is C35H32N4O3. The molecule has 0 radical (unpaired) electrons. The molecule has 0 saturated carbocycles. The van der Waals surface area contributed by atoms with Crippen molar-refractivity contribution >= 4 is 39.5 Å². The first-order valence-electron chi connectivity index (χ1n) is 13.7. The maximum absolute atomic E-state index is 13.2. The number of para-hydroxylation sites is 1. The second-order valence-corrected chi connectivity index (χ2v) is 11.5. The van der Waals surface area contributed by atoms with Crippen LogP contribution in [0, 0.1) is 17.3 Å². The van der Waals surface area contributed by atoms with Gasteiger partial charge in [-0.1, -0.05) is 75.2 Å². The second kappa shape index (κ2) is 11.7. The third kappa shape index (κ3) is 6.56. The molecule has 2 aromatic heterocycles. The molecule has 0 saturated heterocycles. The number of benzene rings is 3. The van der Waals surface area contributed by atoms with Gasteiger partial charge >= 0.3 is 6.09 Å². The van der Waals surface area contributed by atoms with Crippen LogP contribution >= 0.6 is 0 Å². The summed E-state index contributed by atoms with van der Waals surface area (Å²) in [5, 5.41) is 15.8. The lowest BCUT2D eigenvalue weighted by molar-refractivity contribution is -0.120. The van der Waals surface area contributed by atoms with Gasteiger partial charge in [0.1, 0.15) is 17.6 Å². The second-order valence-electron chi connectivity index (χ2n) is 11.5. The fourth-order valence-electron chi connectivity index (χ4n) is 4.73. The minimum atomic E-state index is -1.15. The molecule has 5 aromatic rings. The molecule has 0 aliphatic heterocycles. The average molecular weight is 557 g/mol. The molecule has 2 amide bonds. The first kappa shape index (κ1) is 28.3. The minimum absolute atomic E-state index is 0.209. The molecule has 2 N–H and O–H groups in total. The van der Waals surface area contributed by atoms with Gasteiger partial charge < -0.3 is 10.4 Å². The molecule has 42 heavy (non-hydrogen) atoms. The van der Waals surface area contributed by atoms with Crippen LogP contribution in [0.25, 0.3) is 32.8 Å². The molecule has 7 heteroatoms. The van der Waals surface area contributed by atoms with Crippen molar-refractivity contribution in [1.82, 2.24) is 14.9 Å². The van der Waals surface area contributed by atoms with Crippen molar-refractivity contribution in [2.24, 2.45) is 5.41 Å². The highest BCUT2D eigenvalue weighted by Gasteiger charge is 2.29. The van der Waals surface area contributed by atoms with E-state index in [1.165, 1.54) is 0 Å². The predicted molar refractivity (Wildman–Crippen MR) is 167 cm³/mol. The number of anilines is 1. The number of pyridine rings is 2. The maximum atomic E-state index is 13.2. The Morgan fingerprint density at radius 2 is 1.62 bits per heavy atom. The van der Waals surface area contributed by atoms with E-state index in [-0.39, 0.29) is 17.8 Å². The summed E-state index contributed by atoms with van der Waals surface area (Å²) in [6, 6.07) is 26.7. The Balaban J connectivity index is 1.51. The minimum Gasteiger partial charge on any atom is -0.465 e. The van der Waals surface area contributed by atoms with E-state index >= 15 is 0 Å². The van der Waals surface area contributed by atoms with Crippen LogP contribution in [-0.2, 0) is 4.79 Å². The highest BCUT2D eigenvalue weighted by atomic mass is 16.4. The maximum Gasteiger partial charge on any atom is 0.407 e. The average Bonchev–Trinajstić information content (AvgIpc) is 2.97. The first-order chi connectivity index (χ1) is 20.1. The first-order valence-corrected chi connectivity index (χ1v) is 13.7. The predicted octanol–water partition coefficient (Wildman–Crippen LogP) is 7.20. The highest BCUT2D eigenvalue weighted by molar-refractivity contribution is 5.96. The Morgan fingerprint density at radius 3 is 2.36 bits per heavy atom. The Labute approximate surface area is 245 Å². The lowest BCUT2D eigenvalue weighted by atomic mass is 9.95. The Kier molecular flexibility index (Phi) is 7.90. The van der Waals surface area contributed by atoms with E-state index in [4.69, 9.17) is 4.98 Å². The number of aromatic nitrogens is 2. The Morgan fingerprint density at radius 1 is 0.905 bits per heavy atom. The number of carbonyl (C=O) groups is 2. The monoisotopic (exact) mass is 556 g/mol. The summed E-state index contributed by atoms with van der Waals surface area (Å²) in [6.07, 6.45) is 0.639. The van der Waals surface area contributed by atoms with Crippen LogP contribution in [0.15, 0.2) is 91.1 Å². The summed E-state index contributed by atoms with van der Waals surface area (Å²) in [5.41, 5.74) is 3.49. The molecule has 3 aromatic carbocycles. The lowest BCUT2D eigenvalue weighted by Crippen LogP contribution is -2.48. The summed E-state index contributed by atoms with van der Waals surface area (Å²) in [7, 11) is 0. The molecule has 1 unspecified atom stereocenters. The zero-order chi connectivity index (χ0) is 29.9. The fourth-order valence-corrected chi connectivity index (χ4v) is 4.73. The molecule has 0 aliphatic carbocycles.